The molecule has 20 heavy (non-hydrogen) atoms. The van der Waals surface area contributed by atoms with Gasteiger partial charge >= 0.3 is 0 Å². The maximum absolute atomic E-state index is 6.27. The second-order valence-electron chi connectivity index (χ2n) is 5.00. The summed E-state index contributed by atoms with van der Waals surface area (Å²) < 4.78 is 7.70. The average Bonchev–Trinajstić information content (AvgIpc) is 2.87. The van der Waals surface area contributed by atoms with E-state index in [-0.39, 0.29) is 6.10 Å². The molecule has 2 aromatic rings. The maximum atomic E-state index is 6.27. The Bertz CT molecular complexity index is 543. The predicted octanol–water partition coefficient (Wildman–Crippen LogP) is 4.00. The van der Waals surface area contributed by atoms with Crippen molar-refractivity contribution < 1.29 is 4.74 Å². The summed E-state index contributed by atoms with van der Waals surface area (Å²) in [6.07, 6.45) is 2.99. The first-order chi connectivity index (χ1) is 9.56. The number of ether oxygens (including phenoxy) is 1. The number of aromatic nitrogens is 3. The van der Waals surface area contributed by atoms with Crippen LogP contribution in [0.3, 0.4) is 0 Å². The number of halogens is 2. The minimum atomic E-state index is -0.177. The molecular weight excluding hydrogens is 297 g/mol. The zero-order valence-corrected chi connectivity index (χ0v) is 13.0. The van der Waals surface area contributed by atoms with Crippen molar-refractivity contribution in [3.8, 4) is 0 Å². The molecular formula is C14H17Cl2N3O. The van der Waals surface area contributed by atoms with Gasteiger partial charge in [-0.05, 0) is 18.1 Å². The molecule has 0 saturated carbocycles. The molecule has 4 nitrogen and oxygen atoms in total. The Kier molecular flexibility index (Phi) is 5.40. The van der Waals surface area contributed by atoms with Crippen molar-refractivity contribution in [1.82, 2.24) is 14.8 Å². The van der Waals surface area contributed by atoms with Gasteiger partial charge in [0.05, 0.1) is 6.54 Å². The first-order valence-corrected chi connectivity index (χ1v) is 7.21. The summed E-state index contributed by atoms with van der Waals surface area (Å²) in [6, 6.07) is 5.44. The van der Waals surface area contributed by atoms with E-state index in [9.17, 15) is 0 Å². The molecule has 0 amide bonds. The lowest BCUT2D eigenvalue weighted by Crippen LogP contribution is -2.16. The van der Waals surface area contributed by atoms with E-state index in [1.54, 1.807) is 17.1 Å². The van der Waals surface area contributed by atoms with Gasteiger partial charge < -0.3 is 4.74 Å². The van der Waals surface area contributed by atoms with Gasteiger partial charge in [-0.25, -0.2) is 4.98 Å². The molecule has 0 radical (unpaired) electrons. The molecule has 0 N–H and O–H groups in total. The van der Waals surface area contributed by atoms with Crippen LogP contribution in [0.5, 0.6) is 0 Å². The molecule has 1 aromatic heterocycles. The third-order valence-electron chi connectivity index (χ3n) is 2.76. The highest BCUT2D eigenvalue weighted by Crippen LogP contribution is 2.29. The number of benzene rings is 1. The van der Waals surface area contributed by atoms with Crippen LogP contribution in [0.1, 0.15) is 25.5 Å². The van der Waals surface area contributed by atoms with E-state index in [0.717, 1.165) is 5.56 Å². The quantitative estimate of drug-likeness (QED) is 0.809. The highest BCUT2D eigenvalue weighted by molar-refractivity contribution is 6.35. The predicted molar refractivity (Wildman–Crippen MR) is 80.0 cm³/mol. The summed E-state index contributed by atoms with van der Waals surface area (Å²) in [5.74, 6) is 0.444. The summed E-state index contributed by atoms with van der Waals surface area (Å²) in [4.78, 5) is 3.94. The van der Waals surface area contributed by atoms with Crippen LogP contribution in [0.4, 0.5) is 0 Å². The van der Waals surface area contributed by atoms with Crippen molar-refractivity contribution in [3.63, 3.8) is 0 Å². The van der Waals surface area contributed by atoms with Gasteiger partial charge in [0.25, 0.3) is 0 Å². The van der Waals surface area contributed by atoms with Crippen LogP contribution in [0.15, 0.2) is 30.9 Å². The Morgan fingerprint density at radius 2 is 2.10 bits per heavy atom. The van der Waals surface area contributed by atoms with Crippen molar-refractivity contribution in [3.05, 3.63) is 46.5 Å². The minimum absolute atomic E-state index is 0.177. The zero-order valence-electron chi connectivity index (χ0n) is 11.5. The van der Waals surface area contributed by atoms with Crippen LogP contribution in [0, 0.1) is 5.92 Å². The molecule has 6 heteroatoms. The normalized spacial score (nSPS) is 12.8. The number of hydrogen-bond donors (Lipinski definition) is 0. The number of hydrogen-bond acceptors (Lipinski definition) is 3. The molecule has 1 aromatic carbocycles. The Hall–Kier alpha value is -1.10. The minimum Gasteiger partial charge on any atom is -0.371 e. The van der Waals surface area contributed by atoms with Gasteiger partial charge in [0, 0.05) is 22.2 Å². The molecule has 1 atom stereocenters. The van der Waals surface area contributed by atoms with E-state index in [4.69, 9.17) is 27.9 Å². The first kappa shape index (κ1) is 15.3. The summed E-state index contributed by atoms with van der Waals surface area (Å²) >= 11 is 12.2. The molecule has 1 unspecified atom stereocenters. The van der Waals surface area contributed by atoms with E-state index >= 15 is 0 Å². The van der Waals surface area contributed by atoms with E-state index in [2.05, 4.69) is 23.9 Å². The number of nitrogens with zero attached hydrogens (tertiary/aromatic N) is 3. The van der Waals surface area contributed by atoms with Crippen LogP contribution in [0.25, 0.3) is 0 Å². The first-order valence-electron chi connectivity index (χ1n) is 6.45. The van der Waals surface area contributed by atoms with E-state index in [0.29, 0.717) is 29.1 Å². The second kappa shape index (κ2) is 7.07. The average molecular weight is 314 g/mol. The van der Waals surface area contributed by atoms with E-state index in [1.165, 1.54) is 6.33 Å². The molecule has 0 fully saturated rings. The lowest BCUT2D eigenvalue weighted by atomic mass is 10.1. The van der Waals surface area contributed by atoms with Crippen molar-refractivity contribution in [2.45, 2.75) is 26.5 Å². The van der Waals surface area contributed by atoms with E-state index in [1.807, 2.05) is 12.1 Å². The Morgan fingerprint density at radius 3 is 2.70 bits per heavy atom. The fourth-order valence-corrected chi connectivity index (χ4v) is 2.34. The lowest BCUT2D eigenvalue weighted by Gasteiger charge is -2.20. The van der Waals surface area contributed by atoms with Crippen molar-refractivity contribution >= 4 is 23.2 Å². The summed E-state index contributed by atoms with van der Waals surface area (Å²) in [5.41, 5.74) is 0.909. The highest BCUT2D eigenvalue weighted by Gasteiger charge is 2.17. The van der Waals surface area contributed by atoms with Crippen molar-refractivity contribution in [2.24, 2.45) is 5.92 Å². The number of rotatable bonds is 6. The zero-order chi connectivity index (χ0) is 14.5. The van der Waals surface area contributed by atoms with Gasteiger partial charge in [-0.1, -0.05) is 43.1 Å². The van der Waals surface area contributed by atoms with E-state index < -0.39 is 0 Å². The van der Waals surface area contributed by atoms with Crippen molar-refractivity contribution in [2.75, 3.05) is 6.61 Å². The lowest BCUT2D eigenvalue weighted by molar-refractivity contribution is 0.0219. The van der Waals surface area contributed by atoms with Gasteiger partial charge in [-0.2, -0.15) is 5.10 Å². The smallest absolute Gasteiger partial charge is 0.137 e. The van der Waals surface area contributed by atoms with Gasteiger partial charge in [-0.15, -0.1) is 0 Å². The Balaban J connectivity index is 2.20. The second-order valence-corrected chi connectivity index (χ2v) is 5.84. The maximum Gasteiger partial charge on any atom is 0.137 e. The fraction of sp³-hybridized carbons (Fsp3) is 0.429. The summed E-state index contributed by atoms with van der Waals surface area (Å²) in [6.45, 7) is 5.43. The molecule has 2 rings (SSSR count). The largest absolute Gasteiger partial charge is 0.371 e. The molecule has 0 aliphatic carbocycles. The van der Waals surface area contributed by atoms with Gasteiger partial charge in [-0.3, -0.25) is 4.68 Å². The van der Waals surface area contributed by atoms with Crippen LogP contribution in [-0.4, -0.2) is 21.4 Å². The third kappa shape index (κ3) is 4.20. The Labute approximate surface area is 128 Å². The fourth-order valence-electron chi connectivity index (χ4n) is 1.81. The Morgan fingerprint density at radius 1 is 1.30 bits per heavy atom. The monoisotopic (exact) mass is 313 g/mol. The molecule has 1 heterocycles. The highest BCUT2D eigenvalue weighted by atomic mass is 35.5. The standard InChI is InChI=1S/C14H17Cl2N3O/c1-10(2)7-20-14(6-19-9-17-8-18-19)12-4-3-11(15)5-13(12)16/h3-5,8-10,14H,6-7H2,1-2H3. The van der Waals surface area contributed by atoms with Crippen molar-refractivity contribution in [1.29, 1.82) is 0 Å². The van der Waals surface area contributed by atoms with Gasteiger partial charge in [0.2, 0.25) is 0 Å². The molecule has 108 valence electrons. The molecule has 0 spiro atoms. The molecule has 0 bridgehead atoms. The van der Waals surface area contributed by atoms with Crippen LogP contribution in [-0.2, 0) is 11.3 Å². The van der Waals surface area contributed by atoms with Crippen LogP contribution in [0.2, 0.25) is 10.0 Å². The molecule has 0 aliphatic heterocycles. The summed E-state index contributed by atoms with van der Waals surface area (Å²) in [7, 11) is 0. The summed E-state index contributed by atoms with van der Waals surface area (Å²) in [5, 5.41) is 5.33. The van der Waals surface area contributed by atoms with Gasteiger partial charge in [0.15, 0.2) is 0 Å². The molecule has 0 saturated heterocycles. The van der Waals surface area contributed by atoms with Gasteiger partial charge in [0.1, 0.15) is 18.8 Å². The SMILES string of the molecule is CC(C)COC(Cn1cncn1)c1ccc(Cl)cc1Cl. The van der Waals surface area contributed by atoms with Crippen LogP contribution >= 0.6 is 23.2 Å². The molecule has 0 aliphatic rings. The topological polar surface area (TPSA) is 39.9 Å². The third-order valence-corrected chi connectivity index (χ3v) is 3.32. The van der Waals surface area contributed by atoms with Crippen LogP contribution < -0.4 is 0 Å².